The summed E-state index contributed by atoms with van der Waals surface area (Å²) in [5, 5.41) is 14.8. The van der Waals surface area contributed by atoms with Crippen LogP contribution in [-0.4, -0.2) is 78.3 Å². The molecule has 32 heavy (non-hydrogen) atoms. The zero-order valence-electron chi connectivity index (χ0n) is 18.9. The highest BCUT2D eigenvalue weighted by molar-refractivity contribution is 6.27. The SMILES string of the molecule is COc1ccc(CN2CCN(C(=O)CCC3CCCC3)CC2)c(OC)c1.O=C(O)C(=O)O. The van der Waals surface area contributed by atoms with Crippen LogP contribution in [0.2, 0.25) is 0 Å². The molecule has 0 unspecified atom stereocenters. The van der Waals surface area contributed by atoms with Crippen molar-refractivity contribution in [1.29, 1.82) is 0 Å². The maximum atomic E-state index is 12.5. The summed E-state index contributed by atoms with van der Waals surface area (Å²) in [4.78, 5) is 35.1. The summed E-state index contributed by atoms with van der Waals surface area (Å²) in [6, 6.07) is 5.97. The van der Waals surface area contributed by atoms with Crippen LogP contribution >= 0.6 is 0 Å². The minimum atomic E-state index is -1.82. The minimum Gasteiger partial charge on any atom is -0.497 e. The largest absolute Gasteiger partial charge is 0.497 e. The third-order valence-corrected chi connectivity index (χ3v) is 6.04. The number of hydrogen-bond acceptors (Lipinski definition) is 6. The van der Waals surface area contributed by atoms with Gasteiger partial charge >= 0.3 is 11.9 Å². The number of ether oxygens (including phenoxy) is 2. The van der Waals surface area contributed by atoms with Gasteiger partial charge in [-0.15, -0.1) is 0 Å². The van der Waals surface area contributed by atoms with Crippen LogP contribution in [0.25, 0.3) is 0 Å². The molecule has 9 nitrogen and oxygen atoms in total. The molecule has 1 aliphatic carbocycles. The lowest BCUT2D eigenvalue weighted by Crippen LogP contribution is -2.48. The first-order chi connectivity index (χ1) is 15.3. The second-order valence-electron chi connectivity index (χ2n) is 8.13. The van der Waals surface area contributed by atoms with Crippen molar-refractivity contribution in [3.05, 3.63) is 23.8 Å². The average Bonchev–Trinajstić information content (AvgIpc) is 3.32. The number of aliphatic carboxylic acids is 2. The quantitative estimate of drug-likeness (QED) is 0.609. The highest BCUT2D eigenvalue weighted by atomic mass is 16.5. The van der Waals surface area contributed by atoms with E-state index in [-0.39, 0.29) is 0 Å². The van der Waals surface area contributed by atoms with E-state index in [1.165, 1.54) is 25.7 Å². The minimum absolute atomic E-state index is 0.346. The third-order valence-electron chi connectivity index (χ3n) is 6.04. The monoisotopic (exact) mass is 450 g/mol. The van der Waals surface area contributed by atoms with Crippen molar-refractivity contribution < 1.29 is 34.1 Å². The molecule has 1 aromatic carbocycles. The van der Waals surface area contributed by atoms with Crippen molar-refractivity contribution in [2.75, 3.05) is 40.4 Å². The molecule has 0 atom stereocenters. The smallest absolute Gasteiger partial charge is 0.414 e. The van der Waals surface area contributed by atoms with Gasteiger partial charge in [0, 0.05) is 50.8 Å². The van der Waals surface area contributed by atoms with Crippen molar-refractivity contribution in [2.45, 2.75) is 45.1 Å². The second-order valence-corrected chi connectivity index (χ2v) is 8.13. The van der Waals surface area contributed by atoms with Crippen molar-refractivity contribution in [1.82, 2.24) is 9.80 Å². The Morgan fingerprint density at radius 3 is 2.12 bits per heavy atom. The fourth-order valence-electron chi connectivity index (χ4n) is 4.16. The second kappa shape index (κ2) is 12.9. The third kappa shape index (κ3) is 8.03. The number of carboxylic acids is 2. The lowest BCUT2D eigenvalue weighted by molar-refractivity contribution is -0.159. The molecule has 1 amide bonds. The fraction of sp³-hybridized carbons (Fsp3) is 0.609. The molecule has 9 heteroatoms. The molecule has 2 aliphatic rings. The summed E-state index contributed by atoms with van der Waals surface area (Å²) in [6.45, 7) is 4.36. The number of piperazine rings is 1. The summed E-state index contributed by atoms with van der Waals surface area (Å²) >= 11 is 0. The molecule has 3 rings (SSSR count). The van der Waals surface area contributed by atoms with Gasteiger partial charge in [0.1, 0.15) is 11.5 Å². The number of hydrogen-bond donors (Lipinski definition) is 2. The summed E-state index contributed by atoms with van der Waals surface area (Å²) in [5.41, 5.74) is 1.16. The molecule has 0 aromatic heterocycles. The van der Waals surface area contributed by atoms with E-state index in [0.29, 0.717) is 5.91 Å². The predicted molar refractivity (Wildman–Crippen MR) is 118 cm³/mol. The van der Waals surface area contributed by atoms with Gasteiger partial charge in [0.25, 0.3) is 0 Å². The molecule has 2 N–H and O–H groups in total. The van der Waals surface area contributed by atoms with Gasteiger partial charge in [0.15, 0.2) is 0 Å². The lowest BCUT2D eigenvalue weighted by atomic mass is 10.0. The van der Waals surface area contributed by atoms with Gasteiger partial charge in [-0.2, -0.15) is 0 Å². The predicted octanol–water partition coefficient (Wildman–Crippen LogP) is 2.47. The topological polar surface area (TPSA) is 117 Å². The summed E-state index contributed by atoms with van der Waals surface area (Å²) in [7, 11) is 3.36. The van der Waals surface area contributed by atoms with Gasteiger partial charge in [-0.25, -0.2) is 9.59 Å². The Balaban J connectivity index is 0.000000534. The molecular formula is C23H34N2O7. The number of amides is 1. The van der Waals surface area contributed by atoms with Crippen LogP contribution in [0.15, 0.2) is 18.2 Å². The number of carbonyl (C=O) groups is 3. The zero-order valence-corrected chi connectivity index (χ0v) is 18.9. The number of nitrogens with zero attached hydrogens (tertiary/aromatic N) is 2. The summed E-state index contributed by atoms with van der Waals surface area (Å²) < 4.78 is 10.8. The molecule has 2 fully saturated rings. The van der Waals surface area contributed by atoms with Crippen LogP contribution < -0.4 is 9.47 Å². The molecule has 0 bridgehead atoms. The molecular weight excluding hydrogens is 416 g/mol. The summed E-state index contributed by atoms with van der Waals surface area (Å²) in [6.07, 6.45) is 7.17. The van der Waals surface area contributed by atoms with E-state index in [2.05, 4.69) is 15.9 Å². The van der Waals surface area contributed by atoms with Crippen LogP contribution in [0, 0.1) is 5.92 Å². The highest BCUT2D eigenvalue weighted by Gasteiger charge is 2.23. The first-order valence-electron chi connectivity index (χ1n) is 11.0. The van der Waals surface area contributed by atoms with Gasteiger partial charge in [0.05, 0.1) is 14.2 Å². The number of rotatable bonds is 7. The van der Waals surface area contributed by atoms with E-state index >= 15 is 0 Å². The Labute approximate surface area is 188 Å². The van der Waals surface area contributed by atoms with E-state index in [0.717, 1.165) is 68.5 Å². The molecule has 178 valence electrons. The maximum Gasteiger partial charge on any atom is 0.414 e. The Kier molecular flexibility index (Phi) is 10.3. The molecule has 0 radical (unpaired) electrons. The van der Waals surface area contributed by atoms with Crippen molar-refractivity contribution in [2.24, 2.45) is 5.92 Å². The first-order valence-corrected chi connectivity index (χ1v) is 11.0. The van der Waals surface area contributed by atoms with Gasteiger partial charge in [-0.05, 0) is 18.4 Å². The van der Waals surface area contributed by atoms with Crippen LogP contribution in [-0.2, 0) is 20.9 Å². The van der Waals surface area contributed by atoms with Crippen molar-refractivity contribution in [3.63, 3.8) is 0 Å². The Bertz CT molecular complexity index is 758. The number of benzene rings is 1. The van der Waals surface area contributed by atoms with Gasteiger partial charge in [-0.1, -0.05) is 31.7 Å². The zero-order chi connectivity index (χ0) is 23.5. The van der Waals surface area contributed by atoms with Crippen LogP contribution in [0.3, 0.4) is 0 Å². The van der Waals surface area contributed by atoms with E-state index in [9.17, 15) is 4.79 Å². The molecule has 1 heterocycles. The fourth-order valence-corrected chi connectivity index (χ4v) is 4.16. The highest BCUT2D eigenvalue weighted by Crippen LogP contribution is 2.29. The van der Waals surface area contributed by atoms with E-state index in [4.69, 9.17) is 29.3 Å². The standard InChI is InChI=1S/C21H32N2O3.C2H2O4/c1-25-19-9-8-18(20(15-19)26-2)16-22-11-13-23(14-12-22)21(24)10-7-17-5-3-4-6-17;3-1(4)2(5)6/h8-9,15,17H,3-7,10-14,16H2,1-2H3;(H,3,4)(H,5,6). The molecule has 1 saturated heterocycles. The molecule has 0 spiro atoms. The van der Waals surface area contributed by atoms with Crippen LogP contribution in [0.1, 0.15) is 44.1 Å². The maximum absolute atomic E-state index is 12.5. The molecule has 1 aliphatic heterocycles. The lowest BCUT2D eigenvalue weighted by Gasteiger charge is -2.35. The number of carboxylic acid groups (broad SMARTS) is 2. The Hall–Kier alpha value is -2.81. The van der Waals surface area contributed by atoms with Gasteiger partial charge in [0.2, 0.25) is 5.91 Å². The van der Waals surface area contributed by atoms with Crippen LogP contribution in [0.5, 0.6) is 11.5 Å². The van der Waals surface area contributed by atoms with Gasteiger partial charge < -0.3 is 24.6 Å². The summed E-state index contributed by atoms with van der Waals surface area (Å²) in [5.74, 6) is -0.839. The average molecular weight is 451 g/mol. The van der Waals surface area contributed by atoms with E-state index < -0.39 is 11.9 Å². The Morgan fingerprint density at radius 1 is 0.969 bits per heavy atom. The molecule has 1 aromatic rings. The van der Waals surface area contributed by atoms with E-state index in [1.54, 1.807) is 14.2 Å². The number of methoxy groups -OCH3 is 2. The molecule has 1 saturated carbocycles. The van der Waals surface area contributed by atoms with E-state index in [1.807, 2.05) is 12.1 Å². The normalized spacial score (nSPS) is 16.8. The van der Waals surface area contributed by atoms with Crippen molar-refractivity contribution in [3.8, 4) is 11.5 Å². The van der Waals surface area contributed by atoms with Gasteiger partial charge in [-0.3, -0.25) is 9.69 Å². The van der Waals surface area contributed by atoms with Crippen LogP contribution in [0.4, 0.5) is 0 Å². The first kappa shape index (κ1) is 25.5. The number of carbonyl (C=O) groups excluding carboxylic acids is 1. The Morgan fingerprint density at radius 2 is 1.59 bits per heavy atom. The van der Waals surface area contributed by atoms with Crippen molar-refractivity contribution >= 4 is 17.8 Å².